The molecule has 5 heteroatoms. The summed E-state index contributed by atoms with van der Waals surface area (Å²) in [6, 6.07) is 4.02. The van der Waals surface area contributed by atoms with E-state index in [0.29, 0.717) is 30.5 Å². The molecular formula is C14H16FNO3. The van der Waals surface area contributed by atoms with Crippen molar-refractivity contribution in [3.63, 3.8) is 0 Å². The van der Waals surface area contributed by atoms with E-state index in [1.54, 1.807) is 11.8 Å². The Bertz CT molecular complexity index is 515. The summed E-state index contributed by atoms with van der Waals surface area (Å²) in [7, 11) is 0. The Kier molecular flexibility index (Phi) is 3.83. The smallest absolute Gasteiger partial charge is 0.308 e. The largest absolute Gasteiger partial charge is 0.481 e. The summed E-state index contributed by atoms with van der Waals surface area (Å²) in [5.41, 5.74) is 1.01. The van der Waals surface area contributed by atoms with Gasteiger partial charge in [0.05, 0.1) is 5.92 Å². The van der Waals surface area contributed by atoms with E-state index in [9.17, 15) is 14.0 Å². The number of carbonyl (C=O) groups excluding carboxylic acids is 1. The van der Waals surface area contributed by atoms with Crippen LogP contribution in [0.5, 0.6) is 0 Å². The number of rotatable bonds is 2. The normalized spacial score (nSPS) is 19.3. The molecule has 0 spiro atoms. The predicted molar refractivity (Wildman–Crippen MR) is 67.4 cm³/mol. The minimum Gasteiger partial charge on any atom is -0.481 e. The lowest BCUT2D eigenvalue weighted by Crippen LogP contribution is -2.42. The van der Waals surface area contributed by atoms with Gasteiger partial charge in [-0.2, -0.15) is 0 Å². The van der Waals surface area contributed by atoms with Crippen molar-refractivity contribution in [2.24, 2.45) is 5.92 Å². The second-order valence-electron chi connectivity index (χ2n) is 4.89. The maximum Gasteiger partial charge on any atom is 0.308 e. The van der Waals surface area contributed by atoms with E-state index in [-0.39, 0.29) is 18.3 Å². The van der Waals surface area contributed by atoms with E-state index < -0.39 is 11.9 Å². The molecule has 1 fully saturated rings. The Morgan fingerprint density at radius 2 is 2.16 bits per heavy atom. The highest BCUT2D eigenvalue weighted by Gasteiger charge is 2.29. The first-order chi connectivity index (χ1) is 8.99. The fraction of sp³-hybridized carbons (Fsp3) is 0.429. The second kappa shape index (κ2) is 5.38. The van der Waals surface area contributed by atoms with Crippen LogP contribution in [0.25, 0.3) is 0 Å². The number of halogens is 1. The Morgan fingerprint density at radius 1 is 1.42 bits per heavy atom. The average Bonchev–Trinajstić information content (AvgIpc) is 2.38. The van der Waals surface area contributed by atoms with E-state index in [4.69, 9.17) is 5.11 Å². The van der Waals surface area contributed by atoms with Crippen LogP contribution in [0, 0.1) is 18.7 Å². The Labute approximate surface area is 110 Å². The zero-order chi connectivity index (χ0) is 14.0. The third kappa shape index (κ3) is 2.92. The molecule has 0 unspecified atom stereocenters. The standard InChI is InChI=1S/C14H16FNO3/c1-9-7-11(15)4-5-12(9)13(17)16-6-2-3-10(8-16)14(18)19/h4-5,7,10H,2-3,6,8H2,1H3,(H,18,19)/t10-/m0/s1. The molecule has 19 heavy (non-hydrogen) atoms. The molecule has 0 bridgehead atoms. The van der Waals surface area contributed by atoms with Crippen molar-refractivity contribution in [2.45, 2.75) is 19.8 Å². The lowest BCUT2D eigenvalue weighted by molar-refractivity contribution is -0.143. The molecule has 1 heterocycles. The molecular weight excluding hydrogens is 249 g/mol. The molecule has 1 saturated heterocycles. The first-order valence-electron chi connectivity index (χ1n) is 6.27. The molecule has 2 rings (SSSR count). The number of carbonyl (C=O) groups is 2. The van der Waals surface area contributed by atoms with Gasteiger partial charge < -0.3 is 10.0 Å². The van der Waals surface area contributed by atoms with Crippen LogP contribution in [0.1, 0.15) is 28.8 Å². The van der Waals surface area contributed by atoms with Crippen LogP contribution in [-0.2, 0) is 4.79 Å². The van der Waals surface area contributed by atoms with Gasteiger partial charge in [-0.15, -0.1) is 0 Å². The lowest BCUT2D eigenvalue weighted by atomic mass is 9.97. The van der Waals surface area contributed by atoms with Gasteiger partial charge in [0.15, 0.2) is 0 Å². The lowest BCUT2D eigenvalue weighted by Gasteiger charge is -2.31. The molecule has 1 aliphatic rings. The van der Waals surface area contributed by atoms with Crippen molar-refractivity contribution in [3.05, 3.63) is 35.1 Å². The fourth-order valence-electron chi connectivity index (χ4n) is 2.40. The molecule has 0 aromatic heterocycles. The van der Waals surface area contributed by atoms with Crippen LogP contribution >= 0.6 is 0 Å². The molecule has 1 aromatic rings. The number of aryl methyl sites for hydroxylation is 1. The van der Waals surface area contributed by atoms with Crippen molar-refractivity contribution in [2.75, 3.05) is 13.1 Å². The molecule has 0 aliphatic carbocycles. The molecule has 1 aliphatic heterocycles. The predicted octanol–water partition coefficient (Wildman–Crippen LogP) is 2.07. The Morgan fingerprint density at radius 3 is 2.79 bits per heavy atom. The molecule has 4 nitrogen and oxygen atoms in total. The zero-order valence-corrected chi connectivity index (χ0v) is 10.7. The summed E-state index contributed by atoms with van der Waals surface area (Å²) >= 11 is 0. The summed E-state index contributed by atoms with van der Waals surface area (Å²) in [5, 5.41) is 9.01. The van der Waals surface area contributed by atoms with Crippen molar-refractivity contribution >= 4 is 11.9 Å². The quantitative estimate of drug-likeness (QED) is 0.890. The molecule has 102 valence electrons. The topological polar surface area (TPSA) is 57.6 Å². The van der Waals surface area contributed by atoms with Gasteiger partial charge in [-0.1, -0.05) is 0 Å². The number of hydrogen-bond acceptors (Lipinski definition) is 2. The number of amides is 1. The SMILES string of the molecule is Cc1cc(F)ccc1C(=O)N1CCC[C@H](C(=O)O)C1. The van der Waals surface area contributed by atoms with Crippen molar-refractivity contribution in [1.82, 2.24) is 4.90 Å². The highest BCUT2D eigenvalue weighted by Crippen LogP contribution is 2.20. The maximum absolute atomic E-state index is 13.0. The van der Waals surface area contributed by atoms with E-state index >= 15 is 0 Å². The summed E-state index contributed by atoms with van der Waals surface area (Å²) < 4.78 is 13.0. The minimum absolute atomic E-state index is 0.219. The number of likely N-dealkylation sites (tertiary alicyclic amines) is 1. The fourth-order valence-corrected chi connectivity index (χ4v) is 2.40. The third-order valence-corrected chi connectivity index (χ3v) is 3.48. The average molecular weight is 265 g/mol. The second-order valence-corrected chi connectivity index (χ2v) is 4.89. The third-order valence-electron chi connectivity index (χ3n) is 3.48. The summed E-state index contributed by atoms with van der Waals surface area (Å²) in [5.74, 6) is -1.97. The first-order valence-corrected chi connectivity index (χ1v) is 6.27. The Balaban J connectivity index is 2.17. The number of aliphatic carboxylic acids is 1. The molecule has 1 atom stereocenters. The van der Waals surface area contributed by atoms with Crippen LogP contribution in [0.4, 0.5) is 4.39 Å². The monoisotopic (exact) mass is 265 g/mol. The summed E-state index contributed by atoms with van der Waals surface area (Å²) in [6.07, 6.45) is 1.28. The number of hydrogen-bond donors (Lipinski definition) is 1. The van der Waals surface area contributed by atoms with Gasteiger partial charge in [-0.25, -0.2) is 4.39 Å². The number of benzene rings is 1. The van der Waals surface area contributed by atoms with Gasteiger partial charge in [0, 0.05) is 18.7 Å². The van der Waals surface area contributed by atoms with Crippen LogP contribution in [0.3, 0.4) is 0 Å². The number of carboxylic acid groups (broad SMARTS) is 1. The molecule has 1 N–H and O–H groups in total. The molecule has 0 radical (unpaired) electrons. The van der Waals surface area contributed by atoms with Crippen molar-refractivity contribution < 1.29 is 19.1 Å². The number of carboxylic acids is 1. The van der Waals surface area contributed by atoms with Gasteiger partial charge in [-0.3, -0.25) is 9.59 Å². The van der Waals surface area contributed by atoms with E-state index in [1.807, 2.05) is 0 Å². The van der Waals surface area contributed by atoms with Gasteiger partial charge in [0.1, 0.15) is 5.82 Å². The van der Waals surface area contributed by atoms with Gasteiger partial charge in [0.25, 0.3) is 5.91 Å². The van der Waals surface area contributed by atoms with Gasteiger partial charge in [0.2, 0.25) is 0 Å². The van der Waals surface area contributed by atoms with E-state index in [0.717, 1.165) is 0 Å². The maximum atomic E-state index is 13.0. The van der Waals surface area contributed by atoms with Gasteiger partial charge >= 0.3 is 5.97 Å². The van der Waals surface area contributed by atoms with Crippen molar-refractivity contribution in [1.29, 1.82) is 0 Å². The molecule has 1 amide bonds. The van der Waals surface area contributed by atoms with Crippen LogP contribution in [0.15, 0.2) is 18.2 Å². The minimum atomic E-state index is -0.867. The first kappa shape index (κ1) is 13.5. The van der Waals surface area contributed by atoms with E-state index in [2.05, 4.69) is 0 Å². The van der Waals surface area contributed by atoms with Crippen LogP contribution in [0.2, 0.25) is 0 Å². The molecule has 0 saturated carbocycles. The van der Waals surface area contributed by atoms with E-state index in [1.165, 1.54) is 18.2 Å². The molecule has 1 aromatic carbocycles. The summed E-state index contributed by atoms with van der Waals surface area (Å²) in [4.78, 5) is 24.8. The highest BCUT2D eigenvalue weighted by atomic mass is 19.1. The number of nitrogens with zero attached hydrogens (tertiary/aromatic N) is 1. The zero-order valence-electron chi connectivity index (χ0n) is 10.7. The van der Waals surface area contributed by atoms with Crippen molar-refractivity contribution in [3.8, 4) is 0 Å². The van der Waals surface area contributed by atoms with Gasteiger partial charge in [-0.05, 0) is 43.5 Å². The highest BCUT2D eigenvalue weighted by molar-refractivity contribution is 5.96. The summed E-state index contributed by atoms with van der Waals surface area (Å²) in [6.45, 7) is 2.46. The van der Waals surface area contributed by atoms with Crippen LogP contribution in [-0.4, -0.2) is 35.0 Å². The number of piperidine rings is 1. The Hall–Kier alpha value is -1.91. The van der Waals surface area contributed by atoms with Crippen LogP contribution < -0.4 is 0 Å².